The van der Waals surface area contributed by atoms with E-state index in [1.165, 1.54) is 11.9 Å². The number of primary amides is 1. The molecule has 0 unspecified atom stereocenters. The molecule has 0 aliphatic heterocycles. The number of amides is 5. The number of hydrogen-bond donors (Lipinski definition) is 5. The van der Waals surface area contributed by atoms with Gasteiger partial charge >= 0.3 is 12.1 Å². The number of nitrogens with two attached hydrogens (primary N) is 1. The molecule has 4 rings (SSSR count). The van der Waals surface area contributed by atoms with Gasteiger partial charge in [-0.1, -0.05) is 74.5 Å². The van der Waals surface area contributed by atoms with Crippen molar-refractivity contribution in [3.05, 3.63) is 89.5 Å². The molecule has 0 saturated heterocycles. The number of ether oxygens (including phenoxy) is 1. The number of fused-ring (bicyclic) bond motifs is 3. The number of nitrogens with zero attached hydrogens (tertiary/aromatic N) is 1. The maximum absolute atomic E-state index is 13.7. The molecule has 0 fully saturated rings. The summed E-state index contributed by atoms with van der Waals surface area (Å²) in [6.45, 7) is 3.70. The number of rotatable bonds is 12. The Balaban J connectivity index is 1.49. The van der Waals surface area contributed by atoms with E-state index in [-0.39, 0.29) is 25.5 Å². The van der Waals surface area contributed by atoms with Crippen molar-refractivity contribution in [2.45, 2.75) is 51.5 Å². The molecule has 3 aromatic rings. The lowest BCUT2D eigenvalue weighted by atomic mass is 10.0. The van der Waals surface area contributed by atoms with E-state index in [2.05, 4.69) is 16.0 Å². The van der Waals surface area contributed by atoms with Crippen LogP contribution in [0.3, 0.4) is 0 Å². The summed E-state index contributed by atoms with van der Waals surface area (Å²) in [4.78, 5) is 52.9. The number of likely N-dealkylation sites (N-methyl/N-ethyl adjacent to an activating group) is 1. The van der Waals surface area contributed by atoms with Crippen LogP contribution in [0.2, 0.25) is 0 Å². The van der Waals surface area contributed by atoms with Crippen molar-refractivity contribution in [2.24, 2.45) is 11.7 Å². The van der Waals surface area contributed by atoms with E-state index < -0.39 is 42.1 Å². The Hall–Kier alpha value is -4.90. The summed E-state index contributed by atoms with van der Waals surface area (Å²) in [7, 11) is 1.51. The van der Waals surface area contributed by atoms with Gasteiger partial charge in [0.25, 0.3) is 0 Å². The molecule has 0 spiro atoms. The van der Waals surface area contributed by atoms with E-state index in [1.807, 2.05) is 62.4 Å². The third kappa shape index (κ3) is 7.54. The zero-order valence-corrected chi connectivity index (χ0v) is 25.1. The van der Waals surface area contributed by atoms with Gasteiger partial charge in [-0.3, -0.25) is 14.5 Å². The predicted octanol–water partition coefficient (Wildman–Crippen LogP) is 3.91. The smallest absolute Gasteiger partial charge is 0.411 e. The number of aliphatic hydroxyl groups excluding tert-OH is 1. The first-order valence-corrected chi connectivity index (χ1v) is 14.6. The summed E-state index contributed by atoms with van der Waals surface area (Å²) in [6, 6.07) is 19.5. The van der Waals surface area contributed by atoms with Gasteiger partial charge in [0.2, 0.25) is 11.8 Å². The predicted molar refractivity (Wildman–Crippen MR) is 166 cm³/mol. The minimum Gasteiger partial charge on any atom is -0.436 e. The number of aliphatic hydroxyl groups is 1. The fourth-order valence-corrected chi connectivity index (χ4v) is 5.43. The lowest BCUT2D eigenvalue weighted by molar-refractivity contribution is -0.131. The number of carbonyl (C=O) groups is 4. The van der Waals surface area contributed by atoms with Gasteiger partial charge < -0.3 is 31.5 Å². The average molecular weight is 602 g/mol. The first kappa shape index (κ1) is 32.0. The Labute approximate surface area is 256 Å². The van der Waals surface area contributed by atoms with Crippen molar-refractivity contribution >= 4 is 29.6 Å². The summed E-state index contributed by atoms with van der Waals surface area (Å²) in [5.41, 5.74) is 10.1. The minimum absolute atomic E-state index is 0.133. The van der Waals surface area contributed by atoms with E-state index in [4.69, 9.17) is 10.5 Å². The number of benzene rings is 3. The van der Waals surface area contributed by atoms with Gasteiger partial charge in [0.1, 0.15) is 12.1 Å². The highest BCUT2D eigenvalue weighted by Gasteiger charge is 2.37. The number of urea groups is 1. The number of hydrogen-bond acceptors (Lipinski definition) is 6. The Bertz CT molecular complexity index is 1450. The van der Waals surface area contributed by atoms with Crippen LogP contribution in [0.15, 0.2) is 72.8 Å². The molecule has 0 bridgehead atoms. The second-order valence-corrected chi connectivity index (χ2v) is 11.1. The largest absolute Gasteiger partial charge is 0.436 e. The average Bonchev–Trinajstić information content (AvgIpc) is 3.32. The SMILES string of the molecule is CC(C)[C@@H](C(=O)N[C@@H](CCCNC(N)=O)C(=O)Nc1ccc(CO)cc1)N(C)C(=O)OC1c2ccccc2-c2ccccc21. The van der Waals surface area contributed by atoms with Crippen molar-refractivity contribution in [1.82, 2.24) is 15.5 Å². The first-order valence-electron chi connectivity index (χ1n) is 14.6. The topological polar surface area (TPSA) is 163 Å². The van der Waals surface area contributed by atoms with Crippen LogP contribution < -0.4 is 21.7 Å². The van der Waals surface area contributed by atoms with Gasteiger partial charge in [-0.15, -0.1) is 0 Å². The Morgan fingerprint density at radius 1 is 0.909 bits per heavy atom. The standard InChI is InChI=1S/C33H39N5O6/c1-20(2)28(38(3)33(43)44-29-25-11-6-4-9-23(25)24-10-5-7-12-26(24)29)31(41)37-27(13-8-18-35-32(34)42)30(40)36-22-16-14-21(19-39)15-17-22/h4-7,9-12,14-17,20,27-29,39H,8,13,18-19H2,1-3H3,(H,36,40)(H,37,41)(H3,34,35,42)/t27-,28-/m0/s1. The van der Waals surface area contributed by atoms with Crippen LogP contribution in [0.5, 0.6) is 0 Å². The zero-order valence-electron chi connectivity index (χ0n) is 25.1. The minimum atomic E-state index is -0.978. The van der Waals surface area contributed by atoms with Gasteiger partial charge in [-0.2, -0.15) is 0 Å². The van der Waals surface area contributed by atoms with E-state index >= 15 is 0 Å². The van der Waals surface area contributed by atoms with Crippen molar-refractivity contribution in [2.75, 3.05) is 18.9 Å². The quantitative estimate of drug-likeness (QED) is 0.198. The van der Waals surface area contributed by atoms with Crippen molar-refractivity contribution < 1.29 is 29.0 Å². The van der Waals surface area contributed by atoms with Crippen LogP contribution in [0.4, 0.5) is 15.3 Å². The van der Waals surface area contributed by atoms with Crippen LogP contribution >= 0.6 is 0 Å². The molecule has 0 saturated carbocycles. The Morgan fingerprint density at radius 3 is 2.05 bits per heavy atom. The van der Waals surface area contributed by atoms with Crippen LogP contribution in [-0.2, 0) is 20.9 Å². The molecular formula is C33H39N5O6. The van der Waals surface area contributed by atoms with Gasteiger partial charge in [0.15, 0.2) is 6.10 Å². The molecule has 1 aliphatic carbocycles. The molecule has 3 aromatic carbocycles. The van der Waals surface area contributed by atoms with Gasteiger partial charge in [-0.25, -0.2) is 9.59 Å². The zero-order chi connectivity index (χ0) is 31.8. The molecule has 2 atom stereocenters. The Morgan fingerprint density at radius 2 is 1.50 bits per heavy atom. The van der Waals surface area contributed by atoms with Crippen LogP contribution in [0.1, 0.15) is 49.5 Å². The molecule has 11 nitrogen and oxygen atoms in total. The highest BCUT2D eigenvalue weighted by molar-refractivity contribution is 5.98. The molecule has 6 N–H and O–H groups in total. The molecule has 0 aromatic heterocycles. The Kier molecular flexibility index (Phi) is 10.6. The number of carbonyl (C=O) groups excluding carboxylic acids is 4. The van der Waals surface area contributed by atoms with E-state index in [0.717, 1.165) is 22.3 Å². The van der Waals surface area contributed by atoms with Crippen molar-refractivity contribution in [1.29, 1.82) is 0 Å². The van der Waals surface area contributed by atoms with Gasteiger partial charge in [0, 0.05) is 30.4 Å². The lowest BCUT2D eigenvalue weighted by Crippen LogP contribution is -2.55. The highest BCUT2D eigenvalue weighted by atomic mass is 16.6. The van der Waals surface area contributed by atoms with Crippen LogP contribution in [0, 0.1) is 5.92 Å². The summed E-state index contributed by atoms with van der Waals surface area (Å²) < 4.78 is 6.02. The maximum atomic E-state index is 13.7. The summed E-state index contributed by atoms with van der Waals surface area (Å²) >= 11 is 0. The van der Waals surface area contributed by atoms with Crippen molar-refractivity contribution in [3.8, 4) is 11.1 Å². The third-order valence-electron chi connectivity index (χ3n) is 7.61. The maximum Gasteiger partial charge on any atom is 0.411 e. The monoisotopic (exact) mass is 601 g/mol. The fraction of sp³-hybridized carbons (Fsp3) is 0.333. The molecule has 232 valence electrons. The summed E-state index contributed by atoms with van der Waals surface area (Å²) in [5.74, 6) is -1.31. The molecule has 0 heterocycles. The molecule has 11 heteroatoms. The number of nitrogens with one attached hydrogen (secondary N) is 3. The molecule has 5 amide bonds. The van der Waals surface area contributed by atoms with Crippen LogP contribution in [-0.4, -0.2) is 59.6 Å². The molecule has 44 heavy (non-hydrogen) atoms. The van der Waals surface area contributed by atoms with Crippen LogP contribution in [0.25, 0.3) is 11.1 Å². The number of anilines is 1. The van der Waals surface area contributed by atoms with Crippen molar-refractivity contribution in [3.63, 3.8) is 0 Å². The molecule has 1 aliphatic rings. The normalized spacial score (nSPS) is 13.3. The second kappa shape index (κ2) is 14.5. The van der Waals surface area contributed by atoms with Gasteiger partial charge in [-0.05, 0) is 47.6 Å². The third-order valence-corrected chi connectivity index (χ3v) is 7.61. The van der Waals surface area contributed by atoms with E-state index in [1.54, 1.807) is 24.3 Å². The first-order chi connectivity index (χ1) is 21.1. The molecule has 0 radical (unpaired) electrons. The summed E-state index contributed by atoms with van der Waals surface area (Å²) in [5, 5.41) is 17.4. The lowest BCUT2D eigenvalue weighted by Gasteiger charge is -2.32. The van der Waals surface area contributed by atoms with Gasteiger partial charge in [0.05, 0.1) is 6.61 Å². The van der Waals surface area contributed by atoms with E-state index in [0.29, 0.717) is 17.7 Å². The highest BCUT2D eigenvalue weighted by Crippen LogP contribution is 2.45. The second-order valence-electron chi connectivity index (χ2n) is 11.1. The fourth-order valence-electron chi connectivity index (χ4n) is 5.43. The molecular weight excluding hydrogens is 562 g/mol. The summed E-state index contributed by atoms with van der Waals surface area (Å²) in [6.07, 6.45) is -0.746. The van der Waals surface area contributed by atoms with E-state index in [9.17, 15) is 24.3 Å².